The predicted molar refractivity (Wildman–Crippen MR) is 65.8 cm³/mol. The summed E-state index contributed by atoms with van der Waals surface area (Å²) in [5, 5.41) is 18.2. The zero-order chi connectivity index (χ0) is 13.8. The Morgan fingerprint density at radius 2 is 1.84 bits per heavy atom. The molecule has 2 N–H and O–H groups in total. The van der Waals surface area contributed by atoms with Gasteiger partial charge in [0, 0.05) is 26.2 Å². The first kappa shape index (κ1) is 14.1. The normalized spacial score (nSPS) is 25.4. The first-order chi connectivity index (χ1) is 9.06. The Hall–Kier alpha value is -1.34. The lowest BCUT2D eigenvalue weighted by molar-refractivity contribution is -0.141. The number of morpholine rings is 1. The van der Waals surface area contributed by atoms with Gasteiger partial charge in [0.2, 0.25) is 0 Å². The summed E-state index contributed by atoms with van der Waals surface area (Å²) in [6, 6.07) is -0.0782. The maximum atomic E-state index is 12.3. The van der Waals surface area contributed by atoms with E-state index < -0.39 is 12.1 Å². The number of carboxylic acid groups (broad SMARTS) is 1. The van der Waals surface area contributed by atoms with Crippen molar-refractivity contribution in [1.82, 2.24) is 9.80 Å². The quantitative estimate of drug-likeness (QED) is 0.722. The number of aliphatic carboxylic acids is 1. The molecular weight excluding hydrogens is 252 g/mol. The lowest BCUT2D eigenvalue weighted by Gasteiger charge is -2.38. The van der Waals surface area contributed by atoms with Crippen LogP contribution in [-0.2, 0) is 9.53 Å². The molecule has 0 saturated carbocycles. The van der Waals surface area contributed by atoms with E-state index in [4.69, 9.17) is 9.84 Å². The van der Waals surface area contributed by atoms with Gasteiger partial charge in [-0.05, 0) is 12.8 Å². The van der Waals surface area contributed by atoms with Crippen molar-refractivity contribution in [2.24, 2.45) is 0 Å². The number of carboxylic acids is 1. The van der Waals surface area contributed by atoms with Crippen molar-refractivity contribution in [3.63, 3.8) is 0 Å². The molecule has 0 radical (unpaired) electrons. The second-order valence-electron chi connectivity index (χ2n) is 5.04. The first-order valence-corrected chi connectivity index (χ1v) is 6.61. The Morgan fingerprint density at radius 1 is 1.16 bits per heavy atom. The number of carbonyl (C=O) groups is 2. The summed E-state index contributed by atoms with van der Waals surface area (Å²) < 4.78 is 5.34. The predicted octanol–water partition coefficient (Wildman–Crippen LogP) is -0.261. The van der Waals surface area contributed by atoms with Gasteiger partial charge in [0.25, 0.3) is 0 Å². The summed E-state index contributed by atoms with van der Waals surface area (Å²) in [5.74, 6) is -0.916. The third-order valence-corrected chi connectivity index (χ3v) is 3.55. The summed E-state index contributed by atoms with van der Waals surface area (Å²) in [4.78, 5) is 26.3. The summed E-state index contributed by atoms with van der Waals surface area (Å²) in [5.41, 5.74) is 0. The van der Waals surface area contributed by atoms with E-state index in [9.17, 15) is 14.7 Å². The van der Waals surface area contributed by atoms with E-state index in [0.29, 0.717) is 45.6 Å². The molecule has 2 aliphatic heterocycles. The molecule has 108 valence electrons. The van der Waals surface area contributed by atoms with Gasteiger partial charge in [0.05, 0.1) is 25.2 Å². The van der Waals surface area contributed by atoms with Crippen LogP contribution in [0.1, 0.15) is 19.3 Å². The number of ether oxygens (including phenoxy) is 1. The smallest absolute Gasteiger partial charge is 0.320 e. The molecule has 0 aliphatic carbocycles. The van der Waals surface area contributed by atoms with Crippen molar-refractivity contribution in [2.45, 2.75) is 31.5 Å². The van der Waals surface area contributed by atoms with Crippen molar-refractivity contribution in [3.05, 3.63) is 0 Å². The molecule has 1 unspecified atom stereocenters. The minimum Gasteiger partial charge on any atom is -0.481 e. The Kier molecular flexibility index (Phi) is 4.60. The minimum atomic E-state index is -0.916. The third kappa shape index (κ3) is 3.81. The van der Waals surface area contributed by atoms with E-state index in [1.165, 1.54) is 0 Å². The number of aliphatic hydroxyl groups excluding tert-OH is 1. The molecule has 1 atom stereocenters. The summed E-state index contributed by atoms with van der Waals surface area (Å²) >= 11 is 0. The van der Waals surface area contributed by atoms with Gasteiger partial charge in [0.15, 0.2) is 0 Å². The molecule has 0 bridgehead atoms. The Morgan fingerprint density at radius 3 is 2.47 bits per heavy atom. The van der Waals surface area contributed by atoms with E-state index in [2.05, 4.69) is 0 Å². The molecule has 0 aromatic rings. The zero-order valence-corrected chi connectivity index (χ0v) is 10.8. The van der Waals surface area contributed by atoms with Crippen LogP contribution in [0, 0.1) is 0 Å². The molecule has 7 heteroatoms. The number of likely N-dealkylation sites (tertiary alicyclic amines) is 1. The van der Waals surface area contributed by atoms with E-state index in [1.807, 2.05) is 0 Å². The monoisotopic (exact) mass is 272 g/mol. The average molecular weight is 272 g/mol. The molecule has 2 fully saturated rings. The molecule has 19 heavy (non-hydrogen) atoms. The molecule has 0 spiro atoms. The minimum absolute atomic E-state index is 0.0782. The van der Waals surface area contributed by atoms with Gasteiger partial charge < -0.3 is 24.7 Å². The molecular formula is C12H20N2O5. The third-order valence-electron chi connectivity index (χ3n) is 3.55. The van der Waals surface area contributed by atoms with Crippen molar-refractivity contribution >= 4 is 12.0 Å². The maximum Gasteiger partial charge on any atom is 0.320 e. The van der Waals surface area contributed by atoms with Gasteiger partial charge in [-0.25, -0.2) is 4.79 Å². The van der Waals surface area contributed by atoms with Gasteiger partial charge in [-0.2, -0.15) is 0 Å². The van der Waals surface area contributed by atoms with Crippen LogP contribution < -0.4 is 0 Å². The number of urea groups is 1. The molecule has 2 aliphatic rings. The van der Waals surface area contributed by atoms with Gasteiger partial charge in [0.1, 0.15) is 0 Å². The number of hydrogen-bond donors (Lipinski definition) is 2. The molecule has 2 saturated heterocycles. The van der Waals surface area contributed by atoms with Crippen molar-refractivity contribution in [1.29, 1.82) is 0 Å². The van der Waals surface area contributed by atoms with E-state index >= 15 is 0 Å². The van der Waals surface area contributed by atoms with Crippen molar-refractivity contribution in [3.8, 4) is 0 Å². The highest BCUT2D eigenvalue weighted by atomic mass is 16.5. The highest BCUT2D eigenvalue weighted by Gasteiger charge is 2.30. The Balaban J connectivity index is 1.86. The summed E-state index contributed by atoms with van der Waals surface area (Å²) in [6.07, 6.45) is 0.394. The van der Waals surface area contributed by atoms with Crippen LogP contribution in [0.25, 0.3) is 0 Å². The molecule has 7 nitrogen and oxygen atoms in total. The second-order valence-corrected chi connectivity index (χ2v) is 5.04. The van der Waals surface area contributed by atoms with E-state index in [-0.39, 0.29) is 18.6 Å². The molecule has 2 rings (SSSR count). The zero-order valence-electron chi connectivity index (χ0n) is 10.8. The molecule has 2 heterocycles. The number of aliphatic hydroxyl groups is 1. The fraction of sp³-hybridized carbons (Fsp3) is 0.833. The number of carbonyl (C=O) groups excluding carboxylic acids is 1. The van der Waals surface area contributed by atoms with Crippen LogP contribution in [0.15, 0.2) is 0 Å². The largest absolute Gasteiger partial charge is 0.481 e. The second kappa shape index (κ2) is 6.21. The topological polar surface area (TPSA) is 90.3 Å². The fourth-order valence-electron chi connectivity index (χ4n) is 2.47. The van der Waals surface area contributed by atoms with Crippen LogP contribution >= 0.6 is 0 Å². The lowest BCUT2D eigenvalue weighted by Crippen LogP contribution is -2.53. The molecule has 2 amide bonds. The number of rotatable bonds is 2. The average Bonchev–Trinajstić information content (AvgIpc) is 2.38. The van der Waals surface area contributed by atoms with Crippen LogP contribution in [-0.4, -0.2) is 77.0 Å². The number of amides is 2. The van der Waals surface area contributed by atoms with Crippen molar-refractivity contribution < 1.29 is 24.5 Å². The highest BCUT2D eigenvalue weighted by molar-refractivity contribution is 5.75. The number of piperidine rings is 1. The number of nitrogens with zero attached hydrogens (tertiary/aromatic N) is 2. The van der Waals surface area contributed by atoms with Gasteiger partial charge in [-0.15, -0.1) is 0 Å². The van der Waals surface area contributed by atoms with Crippen LogP contribution in [0.3, 0.4) is 0 Å². The van der Waals surface area contributed by atoms with Crippen molar-refractivity contribution in [2.75, 3.05) is 32.8 Å². The van der Waals surface area contributed by atoms with Crippen LogP contribution in [0.5, 0.6) is 0 Å². The number of hydrogen-bond acceptors (Lipinski definition) is 4. The lowest BCUT2D eigenvalue weighted by atomic mass is 10.1. The maximum absolute atomic E-state index is 12.3. The van der Waals surface area contributed by atoms with Crippen LogP contribution in [0.2, 0.25) is 0 Å². The Bertz CT molecular complexity index is 341. The SMILES string of the molecule is O=C(O)CC1CN(C(=O)N2CCC(O)CC2)CCO1. The highest BCUT2D eigenvalue weighted by Crippen LogP contribution is 2.15. The standard InChI is InChI=1S/C12H20N2O5/c15-9-1-3-13(4-2-9)12(18)14-5-6-19-10(8-14)7-11(16)17/h9-10,15H,1-8H2,(H,16,17). The summed E-state index contributed by atoms with van der Waals surface area (Å²) in [7, 11) is 0. The first-order valence-electron chi connectivity index (χ1n) is 6.61. The molecule has 0 aromatic heterocycles. The summed E-state index contributed by atoms with van der Waals surface area (Å²) in [6.45, 7) is 2.31. The molecule has 0 aromatic carbocycles. The van der Waals surface area contributed by atoms with E-state index in [0.717, 1.165) is 0 Å². The van der Waals surface area contributed by atoms with Gasteiger partial charge in [-0.3, -0.25) is 4.79 Å². The van der Waals surface area contributed by atoms with Gasteiger partial charge >= 0.3 is 12.0 Å². The Labute approximate surface area is 111 Å². The van der Waals surface area contributed by atoms with Crippen LogP contribution in [0.4, 0.5) is 4.79 Å². The van der Waals surface area contributed by atoms with E-state index in [1.54, 1.807) is 9.80 Å². The fourth-order valence-corrected chi connectivity index (χ4v) is 2.47. The van der Waals surface area contributed by atoms with Gasteiger partial charge in [-0.1, -0.05) is 0 Å².